The molecule has 2 heterocycles. The smallest absolute Gasteiger partial charge is 0.160 e. The highest BCUT2D eigenvalue weighted by Gasteiger charge is 2.24. The molecule has 0 aromatic heterocycles. The lowest BCUT2D eigenvalue weighted by Gasteiger charge is -2.17. The van der Waals surface area contributed by atoms with Gasteiger partial charge in [-0.05, 0) is 72.7 Å². The van der Waals surface area contributed by atoms with Gasteiger partial charge in [-0.1, -0.05) is 54.1 Å². The van der Waals surface area contributed by atoms with Crippen molar-refractivity contribution in [2.75, 3.05) is 17.4 Å². The number of halogens is 1. The van der Waals surface area contributed by atoms with E-state index in [1.807, 2.05) is 66.5 Å². The molecule has 200 valence electrons. The fraction of sp³-hybridized carbons (Fsp3) is 0.125. The molecule has 8 heteroatoms. The molecule has 6 nitrogen and oxygen atoms in total. The van der Waals surface area contributed by atoms with E-state index in [4.69, 9.17) is 21.3 Å². The third-order valence-corrected chi connectivity index (χ3v) is 8.30. The Labute approximate surface area is 242 Å². The molecule has 2 aliphatic heterocycles. The summed E-state index contributed by atoms with van der Waals surface area (Å²) in [5.41, 5.74) is 6.67. The summed E-state index contributed by atoms with van der Waals surface area (Å²) >= 11 is 8.19. The molecule has 4 aromatic carbocycles. The molecule has 0 saturated heterocycles. The van der Waals surface area contributed by atoms with Crippen LogP contribution >= 0.6 is 23.4 Å². The van der Waals surface area contributed by atoms with Crippen LogP contribution in [0.15, 0.2) is 112 Å². The molecule has 40 heavy (non-hydrogen) atoms. The number of aromatic hydroxyl groups is 1. The van der Waals surface area contributed by atoms with Crippen LogP contribution in [0.1, 0.15) is 29.7 Å². The van der Waals surface area contributed by atoms with E-state index in [1.54, 1.807) is 31.0 Å². The number of hydrogen-bond acceptors (Lipinski definition) is 6. The fourth-order valence-corrected chi connectivity index (χ4v) is 6.11. The lowest BCUT2D eigenvalue weighted by Crippen LogP contribution is -2.20. The van der Waals surface area contributed by atoms with E-state index < -0.39 is 0 Å². The van der Waals surface area contributed by atoms with Crippen molar-refractivity contribution in [3.05, 3.63) is 113 Å². The molecule has 1 atom stereocenters. The molecule has 2 N–H and O–H groups in total. The number of phenols is 1. The van der Waals surface area contributed by atoms with Crippen LogP contribution in [0.4, 0.5) is 17.1 Å². The molecular formula is C32H27ClN4O2S. The van der Waals surface area contributed by atoms with Crippen LogP contribution in [0, 0.1) is 0 Å². The predicted molar refractivity (Wildman–Crippen MR) is 166 cm³/mol. The zero-order chi connectivity index (χ0) is 27.6. The molecule has 4 aromatic rings. The average Bonchev–Trinajstić information content (AvgIpc) is 3.20. The Kier molecular flexibility index (Phi) is 7.24. The maximum absolute atomic E-state index is 10.4. The number of anilines is 2. The van der Waals surface area contributed by atoms with Crippen molar-refractivity contribution in [1.29, 1.82) is 0 Å². The summed E-state index contributed by atoms with van der Waals surface area (Å²) in [5, 5.41) is 21.2. The SMILES string of the molecule is COc1ccc(C2C=C(c3ccc(N=C4CC(C)=NN4c4ccccc4Cl)cc3)Nc3ccccc3S2)cc1O. The van der Waals surface area contributed by atoms with Gasteiger partial charge >= 0.3 is 0 Å². The number of benzene rings is 4. The van der Waals surface area contributed by atoms with Crippen molar-refractivity contribution in [2.24, 2.45) is 10.1 Å². The second-order valence-corrected chi connectivity index (χ2v) is 11.1. The van der Waals surface area contributed by atoms with Gasteiger partial charge in [0, 0.05) is 22.7 Å². The summed E-state index contributed by atoms with van der Waals surface area (Å²) < 4.78 is 5.25. The number of nitrogens with one attached hydrogen (secondary N) is 1. The van der Waals surface area contributed by atoms with Gasteiger partial charge in [0.25, 0.3) is 0 Å². The number of hydrogen-bond donors (Lipinski definition) is 2. The van der Waals surface area contributed by atoms with Gasteiger partial charge in [0.1, 0.15) is 5.84 Å². The number of fused-ring (bicyclic) bond motifs is 1. The third kappa shape index (κ3) is 5.30. The number of phenolic OH excluding ortho intramolecular Hbond substituents is 1. The number of hydrazone groups is 1. The van der Waals surface area contributed by atoms with Gasteiger partial charge in [0.05, 0.1) is 34.4 Å². The Balaban J connectivity index is 1.32. The lowest BCUT2D eigenvalue weighted by atomic mass is 10.1. The van der Waals surface area contributed by atoms with Crippen LogP contribution < -0.4 is 15.1 Å². The van der Waals surface area contributed by atoms with Crippen molar-refractivity contribution in [3.8, 4) is 11.5 Å². The highest BCUT2D eigenvalue weighted by Crippen LogP contribution is 2.46. The Hall–Kier alpha value is -4.20. The zero-order valence-electron chi connectivity index (χ0n) is 22.0. The maximum Gasteiger partial charge on any atom is 0.160 e. The van der Waals surface area contributed by atoms with Gasteiger partial charge in [-0.15, -0.1) is 11.8 Å². The van der Waals surface area contributed by atoms with E-state index in [1.165, 1.54) is 0 Å². The molecule has 0 amide bonds. The molecule has 0 radical (unpaired) electrons. The highest BCUT2D eigenvalue weighted by atomic mass is 35.5. The van der Waals surface area contributed by atoms with Crippen LogP contribution in [0.25, 0.3) is 5.70 Å². The summed E-state index contributed by atoms with van der Waals surface area (Å²) in [4.78, 5) is 6.06. The van der Waals surface area contributed by atoms with Gasteiger partial charge in [-0.2, -0.15) is 5.10 Å². The number of aliphatic imine (C=N–C) groups is 1. The molecule has 0 spiro atoms. The average molecular weight is 567 g/mol. The first kappa shape index (κ1) is 26.0. The van der Waals surface area contributed by atoms with E-state index in [9.17, 15) is 5.11 Å². The summed E-state index contributed by atoms with van der Waals surface area (Å²) in [6.45, 7) is 1.99. The highest BCUT2D eigenvalue weighted by molar-refractivity contribution is 7.99. The van der Waals surface area contributed by atoms with Crippen LogP contribution in [-0.4, -0.2) is 23.8 Å². The second-order valence-electron chi connectivity index (χ2n) is 9.52. The number of para-hydroxylation sites is 2. The first-order valence-corrected chi connectivity index (χ1v) is 14.1. The van der Waals surface area contributed by atoms with Crippen molar-refractivity contribution < 1.29 is 9.84 Å². The zero-order valence-corrected chi connectivity index (χ0v) is 23.6. The standard InChI is InChI=1S/C32H27ClN4O2S/c1-20-17-32(37(36-20)27-9-5-3-7-24(27)33)34-23-14-11-21(12-15-23)26-19-31(22-13-16-29(39-2)28(38)18-22)40-30-10-6-4-8-25(30)35-26/h3-16,18-19,31,35,38H,17H2,1-2H3. The number of methoxy groups -OCH3 is 1. The summed E-state index contributed by atoms with van der Waals surface area (Å²) in [6.07, 6.45) is 2.85. The van der Waals surface area contributed by atoms with Gasteiger partial charge in [0.15, 0.2) is 11.5 Å². The Morgan fingerprint density at radius 1 is 1.02 bits per heavy atom. The topological polar surface area (TPSA) is 69.5 Å². The van der Waals surface area contributed by atoms with E-state index in [2.05, 4.69) is 40.8 Å². The van der Waals surface area contributed by atoms with Crippen molar-refractivity contribution in [1.82, 2.24) is 0 Å². The summed E-state index contributed by atoms with van der Waals surface area (Å²) in [5.74, 6) is 1.41. The van der Waals surface area contributed by atoms with Gasteiger partial charge in [-0.3, -0.25) is 0 Å². The van der Waals surface area contributed by atoms with Crippen LogP contribution in [-0.2, 0) is 0 Å². The lowest BCUT2D eigenvalue weighted by molar-refractivity contribution is 0.373. The van der Waals surface area contributed by atoms with Crippen molar-refractivity contribution >= 4 is 57.7 Å². The van der Waals surface area contributed by atoms with E-state index in [-0.39, 0.29) is 11.0 Å². The largest absolute Gasteiger partial charge is 0.504 e. The minimum absolute atomic E-state index is 0.0225. The minimum atomic E-state index is -0.0225. The molecule has 1 unspecified atom stereocenters. The first-order valence-electron chi connectivity index (χ1n) is 12.9. The molecule has 6 rings (SSSR count). The Morgan fingerprint density at radius 2 is 1.80 bits per heavy atom. The maximum atomic E-state index is 10.4. The van der Waals surface area contributed by atoms with Gasteiger partial charge < -0.3 is 15.2 Å². The number of rotatable bonds is 5. The van der Waals surface area contributed by atoms with E-state index in [0.717, 1.165) is 50.3 Å². The first-order chi connectivity index (χ1) is 19.5. The second kappa shape index (κ2) is 11.1. The van der Waals surface area contributed by atoms with E-state index in [0.29, 0.717) is 17.2 Å². The minimum Gasteiger partial charge on any atom is -0.504 e. The van der Waals surface area contributed by atoms with Crippen LogP contribution in [0.3, 0.4) is 0 Å². The molecule has 0 saturated carbocycles. The van der Waals surface area contributed by atoms with Crippen molar-refractivity contribution in [2.45, 2.75) is 23.5 Å². The van der Waals surface area contributed by atoms with E-state index >= 15 is 0 Å². The van der Waals surface area contributed by atoms with Gasteiger partial charge in [0.2, 0.25) is 0 Å². The number of amidine groups is 1. The van der Waals surface area contributed by atoms with Crippen LogP contribution in [0.2, 0.25) is 5.02 Å². The molecular weight excluding hydrogens is 540 g/mol. The number of nitrogens with zero attached hydrogens (tertiary/aromatic N) is 3. The molecule has 0 fully saturated rings. The number of thioether (sulfide) groups is 1. The Morgan fingerprint density at radius 3 is 2.58 bits per heavy atom. The van der Waals surface area contributed by atoms with Gasteiger partial charge in [-0.25, -0.2) is 10.0 Å². The Bertz CT molecular complexity index is 1670. The predicted octanol–water partition coefficient (Wildman–Crippen LogP) is 8.67. The summed E-state index contributed by atoms with van der Waals surface area (Å²) in [6, 6.07) is 29.6. The number of ether oxygens (including phenoxy) is 1. The fourth-order valence-electron chi connectivity index (χ4n) is 4.73. The quantitative estimate of drug-likeness (QED) is 0.253. The monoisotopic (exact) mass is 566 g/mol. The van der Waals surface area contributed by atoms with Crippen LogP contribution in [0.5, 0.6) is 11.5 Å². The molecule has 2 aliphatic rings. The normalized spacial score (nSPS) is 17.5. The van der Waals surface area contributed by atoms with Crippen molar-refractivity contribution in [3.63, 3.8) is 0 Å². The molecule has 0 bridgehead atoms. The molecule has 0 aliphatic carbocycles. The third-order valence-electron chi connectivity index (χ3n) is 6.71. The summed E-state index contributed by atoms with van der Waals surface area (Å²) in [7, 11) is 1.55.